The predicted molar refractivity (Wildman–Crippen MR) is 127 cm³/mol. The summed E-state index contributed by atoms with van der Waals surface area (Å²) in [6.45, 7) is 6.39. The maximum atomic E-state index is 11.5. The van der Waals surface area contributed by atoms with Crippen molar-refractivity contribution in [2.24, 2.45) is 0 Å². The van der Waals surface area contributed by atoms with E-state index in [0.717, 1.165) is 50.7 Å². The number of thioether (sulfide) groups is 1. The molecular weight excluding hydrogens is 364 g/mol. The van der Waals surface area contributed by atoms with Crippen LogP contribution in [0.15, 0.2) is 60.8 Å². The van der Waals surface area contributed by atoms with Crippen LogP contribution >= 0.6 is 11.8 Å². The van der Waals surface area contributed by atoms with Gasteiger partial charge in [0, 0.05) is 0 Å². The topological polar surface area (TPSA) is 26.3 Å². The summed E-state index contributed by atoms with van der Waals surface area (Å²) in [4.78, 5) is 11.5. The lowest BCUT2D eigenvalue weighted by Crippen LogP contribution is -2.17. The van der Waals surface area contributed by atoms with E-state index in [0.29, 0.717) is 6.61 Å². The molecule has 0 aliphatic rings. The van der Waals surface area contributed by atoms with Crippen LogP contribution in [0.25, 0.3) is 0 Å². The Balaban J connectivity index is 3.50. The molecule has 28 heavy (non-hydrogen) atoms. The minimum absolute atomic E-state index is 0.0475. The van der Waals surface area contributed by atoms with Gasteiger partial charge in [0.25, 0.3) is 0 Å². The molecule has 0 fully saturated rings. The molecule has 0 amide bonds. The van der Waals surface area contributed by atoms with Crippen molar-refractivity contribution < 1.29 is 9.53 Å². The van der Waals surface area contributed by atoms with Gasteiger partial charge < -0.3 is 4.74 Å². The van der Waals surface area contributed by atoms with Crippen LogP contribution in [0.3, 0.4) is 0 Å². The molecule has 0 aliphatic heterocycles. The number of carbonyl (C=O) groups excluding carboxylic acids is 1. The Morgan fingerprint density at radius 3 is 1.79 bits per heavy atom. The van der Waals surface area contributed by atoms with Gasteiger partial charge >= 0.3 is 5.97 Å². The van der Waals surface area contributed by atoms with E-state index in [1.54, 1.807) is 11.8 Å². The summed E-state index contributed by atoms with van der Waals surface area (Å²) in [5.41, 5.74) is 0. The zero-order valence-corrected chi connectivity index (χ0v) is 19.0. The lowest BCUT2D eigenvalue weighted by molar-refractivity contribution is -0.142. The molecule has 158 valence electrons. The molecule has 0 heterocycles. The van der Waals surface area contributed by atoms with Gasteiger partial charge in [-0.1, -0.05) is 67.7 Å². The van der Waals surface area contributed by atoms with E-state index in [-0.39, 0.29) is 11.2 Å². The van der Waals surface area contributed by atoms with Gasteiger partial charge in [0.1, 0.15) is 0 Å². The summed E-state index contributed by atoms with van der Waals surface area (Å²) in [5.74, 6) is 0.926. The minimum Gasteiger partial charge on any atom is -0.465 e. The Labute approximate surface area is 177 Å². The molecule has 0 N–H and O–H groups in total. The first-order valence-corrected chi connectivity index (χ1v) is 11.8. The van der Waals surface area contributed by atoms with E-state index in [1.165, 1.54) is 6.42 Å². The van der Waals surface area contributed by atoms with E-state index in [2.05, 4.69) is 67.7 Å². The summed E-state index contributed by atoms with van der Waals surface area (Å²) in [6, 6.07) is 0. The molecule has 0 spiro atoms. The molecule has 0 radical (unpaired) electrons. The quantitative estimate of drug-likeness (QED) is 0.142. The first-order valence-electron chi connectivity index (χ1n) is 10.8. The number of hydrogen-bond donors (Lipinski definition) is 0. The third-order valence-electron chi connectivity index (χ3n) is 3.91. The van der Waals surface area contributed by atoms with Gasteiger partial charge in [0.2, 0.25) is 0 Å². The highest BCUT2D eigenvalue weighted by atomic mass is 32.2. The number of unbranched alkanes of at least 4 members (excludes halogenated alkanes) is 2. The second-order valence-corrected chi connectivity index (χ2v) is 7.92. The first-order chi connectivity index (χ1) is 13.7. The average Bonchev–Trinajstić information content (AvgIpc) is 2.69. The highest BCUT2D eigenvalue weighted by Gasteiger charge is 2.13. The zero-order valence-electron chi connectivity index (χ0n) is 18.1. The Morgan fingerprint density at radius 2 is 1.29 bits per heavy atom. The summed E-state index contributed by atoms with van der Waals surface area (Å²) < 4.78 is 5.01. The van der Waals surface area contributed by atoms with E-state index in [1.807, 2.05) is 13.8 Å². The second-order valence-electron chi connectivity index (χ2n) is 6.47. The molecule has 0 aromatic rings. The lowest BCUT2D eigenvalue weighted by atomic mass is 10.2. The van der Waals surface area contributed by atoms with Crippen LogP contribution in [0.1, 0.15) is 72.1 Å². The number of esters is 1. The molecule has 0 aliphatic carbocycles. The molecule has 1 unspecified atom stereocenters. The van der Waals surface area contributed by atoms with Crippen LogP contribution in [-0.2, 0) is 9.53 Å². The summed E-state index contributed by atoms with van der Waals surface area (Å²) in [6.07, 6.45) is 30.9. The monoisotopic (exact) mass is 404 g/mol. The van der Waals surface area contributed by atoms with Crippen molar-refractivity contribution >= 4 is 17.7 Å². The van der Waals surface area contributed by atoms with E-state index >= 15 is 0 Å². The van der Waals surface area contributed by atoms with Crippen molar-refractivity contribution in [1.29, 1.82) is 0 Å². The normalized spacial score (nSPS) is 13.7. The molecule has 0 rings (SSSR count). The number of carbonyl (C=O) groups is 1. The third-order valence-corrected chi connectivity index (χ3v) is 5.13. The van der Waals surface area contributed by atoms with Crippen LogP contribution in [-0.4, -0.2) is 23.6 Å². The van der Waals surface area contributed by atoms with Gasteiger partial charge in [-0.05, 0) is 71.0 Å². The van der Waals surface area contributed by atoms with Crippen LogP contribution < -0.4 is 0 Å². The van der Waals surface area contributed by atoms with Gasteiger partial charge in [-0.2, -0.15) is 0 Å². The number of hydrogen-bond acceptors (Lipinski definition) is 3. The zero-order chi connectivity index (χ0) is 20.7. The van der Waals surface area contributed by atoms with Crippen molar-refractivity contribution in [3.8, 4) is 0 Å². The highest BCUT2D eigenvalue weighted by molar-refractivity contribution is 8.00. The van der Waals surface area contributed by atoms with Gasteiger partial charge in [-0.25, -0.2) is 0 Å². The average molecular weight is 405 g/mol. The Bertz CT molecular complexity index is 501. The molecule has 1 atom stereocenters. The smallest absolute Gasteiger partial charge is 0.318 e. The Kier molecular flexibility index (Phi) is 20.7. The molecular formula is C25H40O2S. The summed E-state index contributed by atoms with van der Waals surface area (Å²) >= 11 is 1.69. The maximum Gasteiger partial charge on any atom is 0.318 e. The standard InChI is InChI=1S/C25H40O2S/c1-4-6-7-8-9-10-11-12-13-14-15-16-17-18-19-20-21-22-23-28-24(3)25(26)27-5-2/h6-7,9-10,12-13,15-16,18-19,24H,4-5,8,11,14,17,20-23H2,1-3H3/b7-6-,10-9-,13-12?,16-15-,19-18-. The Hall–Kier alpha value is -1.48. The molecule has 0 saturated carbocycles. The molecule has 0 saturated heterocycles. The van der Waals surface area contributed by atoms with Gasteiger partial charge in [0.05, 0.1) is 11.9 Å². The molecule has 0 aromatic carbocycles. The molecule has 2 nitrogen and oxygen atoms in total. The van der Waals surface area contributed by atoms with Gasteiger partial charge in [0.15, 0.2) is 0 Å². The van der Waals surface area contributed by atoms with Crippen molar-refractivity contribution in [3.63, 3.8) is 0 Å². The van der Waals surface area contributed by atoms with Crippen LogP contribution in [0, 0.1) is 0 Å². The summed E-state index contributed by atoms with van der Waals surface area (Å²) in [5, 5.41) is -0.0475. The first kappa shape index (κ1) is 26.5. The van der Waals surface area contributed by atoms with Crippen LogP contribution in [0.4, 0.5) is 0 Å². The number of allylic oxidation sites excluding steroid dienone is 10. The molecule has 0 bridgehead atoms. The van der Waals surface area contributed by atoms with Crippen molar-refractivity contribution in [2.45, 2.75) is 77.4 Å². The van der Waals surface area contributed by atoms with E-state index < -0.39 is 0 Å². The SMILES string of the molecule is CC/C=C\C/C=C\CC=CC/C=C\C/C=C\CCCCSC(C)C(=O)OCC. The van der Waals surface area contributed by atoms with Gasteiger partial charge in [-0.3, -0.25) is 4.79 Å². The third kappa shape index (κ3) is 19.3. The highest BCUT2D eigenvalue weighted by Crippen LogP contribution is 2.15. The van der Waals surface area contributed by atoms with E-state index in [9.17, 15) is 4.79 Å². The fraction of sp³-hybridized carbons (Fsp3) is 0.560. The van der Waals surface area contributed by atoms with Crippen molar-refractivity contribution in [2.75, 3.05) is 12.4 Å². The minimum atomic E-state index is -0.0923. The number of ether oxygens (including phenoxy) is 1. The van der Waals surface area contributed by atoms with Crippen LogP contribution in [0.2, 0.25) is 0 Å². The largest absolute Gasteiger partial charge is 0.465 e. The van der Waals surface area contributed by atoms with Crippen molar-refractivity contribution in [3.05, 3.63) is 60.8 Å². The maximum absolute atomic E-state index is 11.5. The Morgan fingerprint density at radius 1 is 0.786 bits per heavy atom. The lowest BCUT2D eigenvalue weighted by Gasteiger charge is -2.09. The van der Waals surface area contributed by atoms with Gasteiger partial charge in [-0.15, -0.1) is 11.8 Å². The fourth-order valence-electron chi connectivity index (χ4n) is 2.32. The second kappa shape index (κ2) is 21.8. The summed E-state index contributed by atoms with van der Waals surface area (Å²) in [7, 11) is 0. The number of rotatable bonds is 17. The molecule has 3 heteroatoms. The fourth-order valence-corrected chi connectivity index (χ4v) is 3.25. The van der Waals surface area contributed by atoms with Crippen molar-refractivity contribution in [1.82, 2.24) is 0 Å². The molecule has 0 aromatic heterocycles. The van der Waals surface area contributed by atoms with E-state index in [4.69, 9.17) is 4.74 Å². The predicted octanol–water partition coefficient (Wildman–Crippen LogP) is 7.59. The van der Waals surface area contributed by atoms with Crippen LogP contribution in [0.5, 0.6) is 0 Å².